The van der Waals surface area contributed by atoms with Gasteiger partial charge in [0.1, 0.15) is 0 Å². The van der Waals surface area contributed by atoms with Gasteiger partial charge >= 0.3 is 5.97 Å². The van der Waals surface area contributed by atoms with E-state index in [1.165, 1.54) is 11.8 Å². The van der Waals surface area contributed by atoms with Crippen LogP contribution in [-0.4, -0.2) is 43.8 Å². The van der Waals surface area contributed by atoms with Crippen molar-refractivity contribution in [3.05, 3.63) is 52.8 Å². The number of esters is 1. The standard InChI is InChI=1S/C20H22N4O3S/c1-5-27-19(26)15-11(2)16(21-12(15)3)17(25)13(4)28-20-22-18(23-24-20)14-9-7-6-8-10-14/h6-10,13,21H,5H2,1-4H3,(H,22,23,24)/t13-/m0/s1. The predicted octanol–water partition coefficient (Wildman–Crippen LogP) is 3.96. The number of nitrogens with one attached hydrogen (secondary N) is 2. The van der Waals surface area contributed by atoms with E-state index < -0.39 is 11.2 Å². The number of carbonyl (C=O) groups is 2. The summed E-state index contributed by atoms with van der Waals surface area (Å²) >= 11 is 1.27. The number of thioether (sulfide) groups is 1. The molecule has 0 saturated carbocycles. The highest BCUT2D eigenvalue weighted by molar-refractivity contribution is 8.00. The lowest BCUT2D eigenvalue weighted by molar-refractivity contribution is 0.0525. The Bertz CT molecular complexity index is 994. The summed E-state index contributed by atoms with van der Waals surface area (Å²) < 4.78 is 5.08. The molecule has 0 aliphatic rings. The number of nitrogens with zero attached hydrogens (tertiary/aromatic N) is 2. The van der Waals surface area contributed by atoms with E-state index in [1.807, 2.05) is 30.3 Å². The van der Waals surface area contributed by atoms with Gasteiger partial charge in [-0.3, -0.25) is 9.89 Å². The SMILES string of the molecule is CCOC(=O)c1c(C)[nH]c(C(=O)[C@H](C)Sc2n[nH]c(-c3ccccc3)n2)c1C. The van der Waals surface area contributed by atoms with Gasteiger partial charge in [0.25, 0.3) is 0 Å². The summed E-state index contributed by atoms with van der Waals surface area (Å²) in [6.07, 6.45) is 0. The van der Waals surface area contributed by atoms with Crippen LogP contribution in [0, 0.1) is 13.8 Å². The first-order chi connectivity index (χ1) is 13.4. The van der Waals surface area contributed by atoms with Crippen LogP contribution in [0.3, 0.4) is 0 Å². The van der Waals surface area contributed by atoms with Gasteiger partial charge in [-0.25, -0.2) is 9.78 Å². The number of ketones is 1. The van der Waals surface area contributed by atoms with E-state index >= 15 is 0 Å². The minimum atomic E-state index is -0.425. The zero-order valence-electron chi connectivity index (χ0n) is 16.2. The van der Waals surface area contributed by atoms with Crippen molar-refractivity contribution in [3.8, 4) is 11.4 Å². The molecule has 8 heteroatoms. The molecule has 1 aromatic carbocycles. The van der Waals surface area contributed by atoms with Gasteiger partial charge in [-0.1, -0.05) is 42.1 Å². The number of rotatable bonds is 7. The molecule has 2 N–H and O–H groups in total. The molecule has 28 heavy (non-hydrogen) atoms. The third kappa shape index (κ3) is 4.01. The molecule has 0 spiro atoms. The Morgan fingerprint density at radius 2 is 1.93 bits per heavy atom. The van der Waals surface area contributed by atoms with Gasteiger partial charge in [0.2, 0.25) is 5.16 Å². The Kier molecular flexibility index (Phi) is 5.99. The fourth-order valence-corrected chi connectivity index (χ4v) is 3.73. The first-order valence-electron chi connectivity index (χ1n) is 8.97. The molecule has 0 aliphatic heterocycles. The Hall–Kier alpha value is -2.87. The fourth-order valence-electron chi connectivity index (χ4n) is 2.94. The van der Waals surface area contributed by atoms with Crippen molar-refractivity contribution < 1.29 is 14.3 Å². The number of Topliss-reactive ketones (excluding diaryl/α,β-unsaturated/α-hetero) is 1. The van der Waals surface area contributed by atoms with Crippen molar-refractivity contribution in [2.75, 3.05) is 6.61 Å². The molecule has 3 aromatic rings. The molecule has 0 radical (unpaired) electrons. The predicted molar refractivity (Wildman–Crippen MR) is 108 cm³/mol. The van der Waals surface area contributed by atoms with Crippen LogP contribution in [0.5, 0.6) is 0 Å². The zero-order chi connectivity index (χ0) is 20.3. The second-order valence-corrected chi connectivity index (χ2v) is 7.61. The van der Waals surface area contributed by atoms with Crippen molar-refractivity contribution in [1.82, 2.24) is 20.2 Å². The summed E-state index contributed by atoms with van der Waals surface area (Å²) in [4.78, 5) is 32.6. The summed E-state index contributed by atoms with van der Waals surface area (Å²) in [6.45, 7) is 7.34. The average Bonchev–Trinajstić information content (AvgIpc) is 3.26. The summed E-state index contributed by atoms with van der Waals surface area (Å²) in [5.41, 5.74) is 3.00. The number of hydrogen-bond acceptors (Lipinski definition) is 6. The first kappa shape index (κ1) is 19.9. The molecule has 0 saturated heterocycles. The molecule has 0 fully saturated rings. The van der Waals surface area contributed by atoms with Crippen molar-refractivity contribution in [2.24, 2.45) is 0 Å². The largest absolute Gasteiger partial charge is 0.462 e. The molecule has 0 unspecified atom stereocenters. The van der Waals surface area contributed by atoms with Gasteiger partial charge in [0.05, 0.1) is 23.1 Å². The minimum absolute atomic E-state index is 0.118. The molecule has 2 heterocycles. The minimum Gasteiger partial charge on any atom is -0.462 e. The fraction of sp³-hybridized carbons (Fsp3) is 0.300. The monoisotopic (exact) mass is 398 g/mol. The van der Waals surface area contributed by atoms with E-state index in [-0.39, 0.29) is 12.4 Å². The third-order valence-corrected chi connectivity index (χ3v) is 5.29. The molecule has 146 valence electrons. The molecular weight excluding hydrogens is 376 g/mol. The van der Waals surface area contributed by atoms with Crippen molar-refractivity contribution in [2.45, 2.75) is 38.1 Å². The normalized spacial score (nSPS) is 12.0. The lowest BCUT2D eigenvalue weighted by Gasteiger charge is -2.07. The van der Waals surface area contributed by atoms with E-state index in [1.54, 1.807) is 27.7 Å². The van der Waals surface area contributed by atoms with Crippen molar-refractivity contribution >= 4 is 23.5 Å². The van der Waals surface area contributed by atoms with Gasteiger partial charge < -0.3 is 9.72 Å². The molecule has 7 nitrogen and oxygen atoms in total. The number of benzene rings is 1. The zero-order valence-corrected chi connectivity index (χ0v) is 17.0. The lowest BCUT2D eigenvalue weighted by Crippen LogP contribution is -2.16. The van der Waals surface area contributed by atoms with E-state index in [2.05, 4.69) is 20.2 Å². The maximum atomic E-state index is 12.9. The molecule has 2 aromatic heterocycles. The average molecular weight is 398 g/mol. The first-order valence-corrected chi connectivity index (χ1v) is 9.85. The van der Waals surface area contributed by atoms with E-state index in [0.717, 1.165) is 5.56 Å². The van der Waals surface area contributed by atoms with Crippen LogP contribution < -0.4 is 0 Å². The Balaban J connectivity index is 1.76. The highest BCUT2D eigenvalue weighted by Gasteiger charge is 2.27. The highest BCUT2D eigenvalue weighted by atomic mass is 32.2. The van der Waals surface area contributed by atoms with Crippen LogP contribution in [0.1, 0.15) is 46.0 Å². The lowest BCUT2D eigenvalue weighted by atomic mass is 10.1. The summed E-state index contributed by atoms with van der Waals surface area (Å²) in [5, 5.41) is 7.16. The number of aromatic nitrogens is 4. The van der Waals surface area contributed by atoms with Gasteiger partial charge in [0, 0.05) is 11.3 Å². The number of carbonyl (C=O) groups excluding carboxylic acids is 2. The number of H-pyrrole nitrogens is 2. The Morgan fingerprint density at radius 3 is 2.61 bits per heavy atom. The second kappa shape index (κ2) is 8.43. The van der Waals surface area contributed by atoms with Crippen LogP contribution in [0.25, 0.3) is 11.4 Å². The van der Waals surface area contributed by atoms with Gasteiger partial charge in [-0.2, -0.15) is 0 Å². The summed E-state index contributed by atoms with van der Waals surface area (Å²) in [6, 6.07) is 9.65. The van der Waals surface area contributed by atoms with Crippen LogP contribution in [0.2, 0.25) is 0 Å². The van der Waals surface area contributed by atoms with Gasteiger partial charge in [-0.15, -0.1) is 5.10 Å². The molecule has 0 bridgehead atoms. The van der Waals surface area contributed by atoms with Gasteiger partial charge in [-0.05, 0) is 33.3 Å². The maximum absolute atomic E-state index is 12.9. The number of aromatic amines is 2. The smallest absolute Gasteiger partial charge is 0.340 e. The summed E-state index contributed by atoms with van der Waals surface area (Å²) in [5.74, 6) is 0.112. The molecule has 1 atom stereocenters. The molecular formula is C20H22N4O3S. The Morgan fingerprint density at radius 1 is 1.21 bits per heavy atom. The molecule has 3 rings (SSSR count). The molecule has 0 aliphatic carbocycles. The Labute approximate surface area is 167 Å². The van der Waals surface area contributed by atoms with Crippen LogP contribution >= 0.6 is 11.8 Å². The quantitative estimate of drug-likeness (QED) is 0.355. The van der Waals surface area contributed by atoms with Crippen LogP contribution in [0.4, 0.5) is 0 Å². The molecule has 0 amide bonds. The van der Waals surface area contributed by atoms with E-state index in [4.69, 9.17) is 4.74 Å². The van der Waals surface area contributed by atoms with E-state index in [9.17, 15) is 9.59 Å². The van der Waals surface area contributed by atoms with Crippen molar-refractivity contribution in [1.29, 1.82) is 0 Å². The number of ether oxygens (including phenoxy) is 1. The van der Waals surface area contributed by atoms with E-state index in [0.29, 0.717) is 33.5 Å². The highest BCUT2D eigenvalue weighted by Crippen LogP contribution is 2.27. The second-order valence-electron chi connectivity index (χ2n) is 6.30. The number of hydrogen-bond donors (Lipinski definition) is 2. The number of aryl methyl sites for hydroxylation is 1. The van der Waals surface area contributed by atoms with Crippen LogP contribution in [-0.2, 0) is 4.74 Å². The maximum Gasteiger partial charge on any atom is 0.340 e. The van der Waals surface area contributed by atoms with Gasteiger partial charge in [0.15, 0.2) is 11.6 Å². The topological polar surface area (TPSA) is 101 Å². The third-order valence-electron chi connectivity index (χ3n) is 4.33. The summed E-state index contributed by atoms with van der Waals surface area (Å²) in [7, 11) is 0. The van der Waals surface area contributed by atoms with Crippen LogP contribution in [0.15, 0.2) is 35.5 Å². The van der Waals surface area contributed by atoms with Crippen molar-refractivity contribution in [3.63, 3.8) is 0 Å².